The Bertz CT molecular complexity index is 1830. The molecule has 0 aliphatic carbocycles. The molecule has 0 aromatic rings. The fourth-order valence-electron chi connectivity index (χ4n) is 10.0. The zero-order valence-corrected chi connectivity index (χ0v) is 59.0. The van der Waals surface area contributed by atoms with Crippen molar-refractivity contribution < 1.29 is 80.2 Å². The zero-order chi connectivity index (χ0) is 65.7. The monoisotopic (exact) mass is 1310 g/mol. The molecule has 0 aliphatic heterocycles. The second kappa shape index (κ2) is 61.7. The Balaban J connectivity index is 5.29. The highest BCUT2D eigenvalue weighted by atomic mass is 31.2. The predicted molar refractivity (Wildman–Crippen MR) is 358 cm³/mol. The summed E-state index contributed by atoms with van der Waals surface area (Å²) in [6.45, 7) is 9.45. The first kappa shape index (κ1) is 86.5. The molecule has 524 valence electrons. The van der Waals surface area contributed by atoms with Crippen LogP contribution < -0.4 is 0 Å². The van der Waals surface area contributed by atoms with E-state index in [-0.39, 0.29) is 25.7 Å². The van der Waals surface area contributed by atoms with Crippen LogP contribution in [0.2, 0.25) is 0 Å². The fraction of sp³-hybridized carbons (Fsp3) is 0.886. The Hall–Kier alpha value is -2.46. The van der Waals surface area contributed by atoms with Gasteiger partial charge < -0.3 is 33.8 Å². The van der Waals surface area contributed by atoms with Gasteiger partial charge in [0.05, 0.1) is 26.4 Å². The van der Waals surface area contributed by atoms with Crippen molar-refractivity contribution in [1.82, 2.24) is 0 Å². The summed E-state index contributed by atoms with van der Waals surface area (Å²) in [6, 6.07) is 0. The lowest BCUT2D eigenvalue weighted by atomic mass is 9.99. The third-order valence-corrected chi connectivity index (χ3v) is 17.8. The van der Waals surface area contributed by atoms with Crippen molar-refractivity contribution in [3.05, 3.63) is 24.3 Å². The van der Waals surface area contributed by atoms with Gasteiger partial charge in [0.2, 0.25) is 0 Å². The van der Waals surface area contributed by atoms with Crippen LogP contribution in [0.1, 0.15) is 330 Å². The van der Waals surface area contributed by atoms with Gasteiger partial charge >= 0.3 is 39.5 Å². The highest BCUT2D eigenvalue weighted by molar-refractivity contribution is 7.47. The summed E-state index contributed by atoms with van der Waals surface area (Å²) in [7, 11) is -9.91. The maximum atomic E-state index is 13.0. The first-order valence-corrected chi connectivity index (χ1v) is 38.8. The summed E-state index contributed by atoms with van der Waals surface area (Å²) >= 11 is 0. The van der Waals surface area contributed by atoms with E-state index in [0.717, 1.165) is 115 Å². The molecule has 0 bridgehead atoms. The molecule has 0 amide bonds. The number of phosphoric ester groups is 2. The Kier molecular flexibility index (Phi) is 60.0. The van der Waals surface area contributed by atoms with E-state index < -0.39 is 97.5 Å². The number of aliphatic hydroxyl groups excluding tert-OH is 1. The molecule has 0 saturated carbocycles. The number of rotatable bonds is 67. The molecular formula is C70H132O17P2. The van der Waals surface area contributed by atoms with Crippen LogP contribution in [0.5, 0.6) is 0 Å². The molecule has 6 atom stereocenters. The summed E-state index contributed by atoms with van der Waals surface area (Å²) in [4.78, 5) is 72.5. The van der Waals surface area contributed by atoms with E-state index in [1.165, 1.54) is 135 Å². The minimum absolute atomic E-state index is 0.0846. The lowest BCUT2D eigenvalue weighted by Crippen LogP contribution is -2.30. The third-order valence-electron chi connectivity index (χ3n) is 15.9. The Morgan fingerprint density at radius 2 is 0.663 bits per heavy atom. The van der Waals surface area contributed by atoms with Gasteiger partial charge in [0, 0.05) is 25.7 Å². The standard InChI is InChI=1S/C70H132O17P2/c1-7-10-12-14-16-18-19-20-21-22-23-29-36-42-48-54-69(74)86-65(59-81-68(73)53-47-41-35-28-25-24-27-32-38-44-50-62(4)5)60-84-88(76,77)82-56-64(71)57-83-89(78,79)85-61-66(58-80-67(72)52-46-40-34-26-17-15-13-11-8-2)87-70(75)55-49-43-37-31-30-33-39-45-51-63(6)9-3/h18-21,62-66,71H,7-17,22-61H2,1-6H3,(H,76,77)(H,78,79)/b19-18-,21-20-/t63?,64-,65-,66-/m1/s1. The second-order valence-corrected chi connectivity index (χ2v) is 28.2. The van der Waals surface area contributed by atoms with Crippen LogP contribution in [0.3, 0.4) is 0 Å². The van der Waals surface area contributed by atoms with Crippen LogP contribution in [-0.4, -0.2) is 96.7 Å². The van der Waals surface area contributed by atoms with Gasteiger partial charge in [-0.05, 0) is 63.2 Å². The van der Waals surface area contributed by atoms with Gasteiger partial charge in [-0.1, -0.05) is 278 Å². The molecule has 0 radical (unpaired) electrons. The van der Waals surface area contributed by atoms with Crippen LogP contribution >= 0.6 is 15.6 Å². The van der Waals surface area contributed by atoms with Crippen molar-refractivity contribution >= 4 is 39.5 Å². The van der Waals surface area contributed by atoms with E-state index in [1.54, 1.807) is 0 Å². The quantitative estimate of drug-likeness (QED) is 0.0169. The van der Waals surface area contributed by atoms with Gasteiger partial charge in [0.25, 0.3) is 0 Å². The van der Waals surface area contributed by atoms with Crippen LogP contribution in [0.25, 0.3) is 0 Å². The Morgan fingerprint density at radius 3 is 1.01 bits per heavy atom. The molecule has 19 heteroatoms. The molecule has 3 unspecified atom stereocenters. The van der Waals surface area contributed by atoms with Crippen molar-refractivity contribution in [1.29, 1.82) is 0 Å². The molecular weight excluding hydrogens is 1170 g/mol. The molecule has 3 N–H and O–H groups in total. The minimum Gasteiger partial charge on any atom is -0.462 e. The van der Waals surface area contributed by atoms with E-state index in [4.69, 9.17) is 37.0 Å². The molecule has 0 fully saturated rings. The first-order chi connectivity index (χ1) is 42.9. The third kappa shape index (κ3) is 62.7. The van der Waals surface area contributed by atoms with E-state index in [9.17, 15) is 43.2 Å². The molecule has 0 heterocycles. The fourth-order valence-corrected chi connectivity index (χ4v) is 11.6. The van der Waals surface area contributed by atoms with Crippen molar-refractivity contribution in [2.24, 2.45) is 11.8 Å². The van der Waals surface area contributed by atoms with E-state index in [2.05, 4.69) is 65.8 Å². The lowest BCUT2D eigenvalue weighted by Gasteiger charge is -2.21. The predicted octanol–water partition coefficient (Wildman–Crippen LogP) is 19.5. The van der Waals surface area contributed by atoms with E-state index >= 15 is 0 Å². The van der Waals surface area contributed by atoms with Gasteiger partial charge in [-0.2, -0.15) is 0 Å². The molecule has 0 rings (SSSR count). The van der Waals surface area contributed by atoms with Crippen molar-refractivity contribution in [3.63, 3.8) is 0 Å². The van der Waals surface area contributed by atoms with Gasteiger partial charge in [0.15, 0.2) is 12.2 Å². The summed E-state index contributed by atoms with van der Waals surface area (Å²) in [5.74, 6) is -0.633. The molecule has 0 spiro atoms. The van der Waals surface area contributed by atoms with Crippen LogP contribution in [0, 0.1) is 11.8 Å². The summed E-state index contributed by atoms with van der Waals surface area (Å²) in [6.07, 6.45) is 49.3. The van der Waals surface area contributed by atoms with Gasteiger partial charge in [0.1, 0.15) is 19.3 Å². The molecule has 89 heavy (non-hydrogen) atoms. The molecule has 0 aromatic heterocycles. The molecule has 0 saturated heterocycles. The van der Waals surface area contributed by atoms with Crippen LogP contribution in [0.15, 0.2) is 24.3 Å². The SMILES string of the molecule is CCCCCC/C=C\C=C/CCCCCCCC(=O)O[C@H](COC(=O)CCCCCCCCCCCCC(C)C)COP(=O)(O)OC[C@@H](O)COP(=O)(O)OC[C@@H](COC(=O)CCCCCCCCCCC)OC(=O)CCCCCCCCCCC(C)CC. The Morgan fingerprint density at radius 1 is 0.371 bits per heavy atom. The zero-order valence-electron chi connectivity index (χ0n) is 57.2. The van der Waals surface area contributed by atoms with Crippen LogP contribution in [0.4, 0.5) is 0 Å². The number of carbonyl (C=O) groups is 4. The van der Waals surface area contributed by atoms with Crippen LogP contribution in [-0.2, 0) is 65.4 Å². The molecule has 17 nitrogen and oxygen atoms in total. The lowest BCUT2D eigenvalue weighted by molar-refractivity contribution is -0.161. The van der Waals surface area contributed by atoms with E-state index in [0.29, 0.717) is 25.7 Å². The topological polar surface area (TPSA) is 237 Å². The smallest absolute Gasteiger partial charge is 0.462 e. The maximum absolute atomic E-state index is 13.0. The van der Waals surface area contributed by atoms with Crippen molar-refractivity contribution in [2.45, 2.75) is 349 Å². The normalized spacial score (nSPS) is 14.6. The minimum atomic E-state index is -4.96. The number of ether oxygens (including phenoxy) is 4. The number of allylic oxidation sites excluding steroid dienone is 4. The number of unbranched alkanes of at least 4 members (excludes halogenated alkanes) is 33. The number of phosphoric acid groups is 2. The first-order valence-electron chi connectivity index (χ1n) is 35.8. The summed E-state index contributed by atoms with van der Waals surface area (Å²) in [5.41, 5.74) is 0. The van der Waals surface area contributed by atoms with Gasteiger partial charge in [-0.25, -0.2) is 9.13 Å². The highest BCUT2D eigenvalue weighted by Crippen LogP contribution is 2.45. The number of hydrogen-bond acceptors (Lipinski definition) is 15. The summed E-state index contributed by atoms with van der Waals surface area (Å²) < 4.78 is 68.2. The van der Waals surface area contributed by atoms with Crippen molar-refractivity contribution in [2.75, 3.05) is 39.6 Å². The second-order valence-electron chi connectivity index (χ2n) is 25.3. The number of hydrogen-bond donors (Lipinski definition) is 3. The average molecular weight is 1310 g/mol. The maximum Gasteiger partial charge on any atom is 0.472 e. The largest absolute Gasteiger partial charge is 0.472 e. The molecule has 0 aliphatic rings. The van der Waals surface area contributed by atoms with E-state index in [1.807, 2.05) is 0 Å². The number of carbonyl (C=O) groups excluding carboxylic acids is 4. The number of esters is 4. The van der Waals surface area contributed by atoms with Gasteiger partial charge in [-0.15, -0.1) is 0 Å². The van der Waals surface area contributed by atoms with Gasteiger partial charge in [-0.3, -0.25) is 37.3 Å². The molecule has 0 aromatic carbocycles. The average Bonchev–Trinajstić information content (AvgIpc) is 3.61. The number of aliphatic hydroxyl groups is 1. The van der Waals surface area contributed by atoms with Crippen molar-refractivity contribution in [3.8, 4) is 0 Å². The summed E-state index contributed by atoms with van der Waals surface area (Å²) in [5, 5.41) is 10.6. The Labute approximate surface area is 542 Å². The highest BCUT2D eigenvalue weighted by Gasteiger charge is 2.30.